The molecule has 2 unspecified atom stereocenters. The zero-order chi connectivity index (χ0) is 18.2. The summed E-state index contributed by atoms with van der Waals surface area (Å²) in [7, 11) is 0. The quantitative estimate of drug-likeness (QED) is 0.780. The molecule has 0 fully saturated rings. The van der Waals surface area contributed by atoms with E-state index in [2.05, 4.69) is 10.6 Å². The summed E-state index contributed by atoms with van der Waals surface area (Å²) in [5, 5.41) is 6.56. The minimum absolute atomic E-state index is 0.0847. The fourth-order valence-electron chi connectivity index (χ4n) is 2.74. The zero-order valence-corrected chi connectivity index (χ0v) is 15.2. The monoisotopic (exact) mass is 358 g/mol. The second-order valence-electron chi connectivity index (χ2n) is 5.95. The maximum absolute atomic E-state index is 12.5. The van der Waals surface area contributed by atoms with Crippen LogP contribution in [0.5, 0.6) is 0 Å². The van der Waals surface area contributed by atoms with E-state index in [1.165, 1.54) is 6.92 Å². The lowest BCUT2D eigenvalue weighted by atomic mass is 10.0. The van der Waals surface area contributed by atoms with Gasteiger partial charge in [-0.1, -0.05) is 61.0 Å². The minimum atomic E-state index is -0.346. The smallest absolute Gasteiger partial charge is 0.222 e. The second kappa shape index (κ2) is 9.23. The van der Waals surface area contributed by atoms with Crippen molar-refractivity contribution in [3.63, 3.8) is 0 Å². The summed E-state index contributed by atoms with van der Waals surface area (Å²) < 4.78 is 0. The molecule has 0 aliphatic carbocycles. The van der Waals surface area contributed by atoms with Crippen LogP contribution in [0.25, 0.3) is 0 Å². The molecular formula is C20H23ClN2O2. The van der Waals surface area contributed by atoms with Crippen molar-refractivity contribution in [1.82, 2.24) is 10.6 Å². The molecule has 2 rings (SSSR count). The van der Waals surface area contributed by atoms with Crippen LogP contribution in [-0.2, 0) is 9.59 Å². The number of nitrogens with one attached hydrogen (secondary N) is 2. The summed E-state index contributed by atoms with van der Waals surface area (Å²) in [6.07, 6.45) is 0.956. The van der Waals surface area contributed by atoms with Gasteiger partial charge < -0.3 is 10.6 Å². The van der Waals surface area contributed by atoms with Crippen molar-refractivity contribution in [1.29, 1.82) is 0 Å². The molecule has 25 heavy (non-hydrogen) atoms. The molecule has 0 spiro atoms. The molecule has 2 atom stereocenters. The molecule has 2 aromatic carbocycles. The van der Waals surface area contributed by atoms with Gasteiger partial charge in [-0.3, -0.25) is 9.59 Å². The van der Waals surface area contributed by atoms with Crippen LogP contribution in [0.3, 0.4) is 0 Å². The van der Waals surface area contributed by atoms with E-state index in [9.17, 15) is 9.59 Å². The van der Waals surface area contributed by atoms with E-state index >= 15 is 0 Å². The third-order valence-electron chi connectivity index (χ3n) is 3.98. The predicted octanol–water partition coefficient (Wildman–Crippen LogP) is 4.17. The number of amides is 2. The van der Waals surface area contributed by atoms with Crippen LogP contribution in [0.4, 0.5) is 0 Å². The van der Waals surface area contributed by atoms with Gasteiger partial charge in [0.15, 0.2) is 0 Å². The Bertz CT molecular complexity index is 701. The lowest BCUT2D eigenvalue weighted by Gasteiger charge is -2.21. The van der Waals surface area contributed by atoms with Crippen LogP contribution >= 0.6 is 11.6 Å². The Labute approximate surface area is 153 Å². The molecule has 0 saturated heterocycles. The lowest BCUT2D eigenvalue weighted by Crippen LogP contribution is -2.34. The van der Waals surface area contributed by atoms with Gasteiger partial charge in [0.05, 0.1) is 18.5 Å². The average Bonchev–Trinajstić information content (AvgIpc) is 2.60. The van der Waals surface area contributed by atoms with Gasteiger partial charge in [0.25, 0.3) is 0 Å². The third kappa shape index (κ3) is 5.91. The fourth-order valence-corrected chi connectivity index (χ4v) is 2.86. The van der Waals surface area contributed by atoms with Crippen LogP contribution < -0.4 is 10.6 Å². The standard InChI is InChI=1S/C20H23ClN2O2/c1-3-18(16-9-11-17(21)12-10-16)23-20(25)13-19(22-14(2)24)15-7-5-4-6-8-15/h4-12,18-19H,3,13H2,1-2H3,(H,22,24)(H,23,25). The molecule has 0 aliphatic heterocycles. The molecule has 4 nitrogen and oxygen atoms in total. The van der Waals surface area contributed by atoms with Crippen LogP contribution in [-0.4, -0.2) is 11.8 Å². The van der Waals surface area contributed by atoms with Crippen molar-refractivity contribution in [3.8, 4) is 0 Å². The molecule has 0 heterocycles. The maximum atomic E-state index is 12.5. The van der Waals surface area contributed by atoms with Crippen LogP contribution in [0, 0.1) is 0 Å². The van der Waals surface area contributed by atoms with Crippen LogP contribution in [0.2, 0.25) is 5.02 Å². The number of benzene rings is 2. The molecule has 0 aliphatic rings. The third-order valence-corrected chi connectivity index (χ3v) is 4.24. The summed E-state index contributed by atoms with van der Waals surface area (Å²) >= 11 is 5.92. The van der Waals surface area contributed by atoms with E-state index in [1.807, 2.05) is 61.5 Å². The van der Waals surface area contributed by atoms with Crippen molar-refractivity contribution in [3.05, 3.63) is 70.7 Å². The molecule has 132 valence electrons. The number of carbonyl (C=O) groups excluding carboxylic acids is 2. The van der Waals surface area contributed by atoms with Gasteiger partial charge >= 0.3 is 0 Å². The van der Waals surface area contributed by atoms with E-state index in [-0.39, 0.29) is 30.3 Å². The Balaban J connectivity index is 2.06. The van der Waals surface area contributed by atoms with Crippen molar-refractivity contribution < 1.29 is 9.59 Å². The highest BCUT2D eigenvalue weighted by atomic mass is 35.5. The number of hydrogen-bond donors (Lipinski definition) is 2. The van der Waals surface area contributed by atoms with E-state index in [0.717, 1.165) is 17.5 Å². The molecule has 0 aromatic heterocycles. The SMILES string of the molecule is CCC(NC(=O)CC(NC(C)=O)c1ccccc1)c1ccc(Cl)cc1. The molecule has 0 radical (unpaired) electrons. The molecule has 2 amide bonds. The lowest BCUT2D eigenvalue weighted by molar-refractivity contribution is -0.123. The number of rotatable bonds is 7. The van der Waals surface area contributed by atoms with Gasteiger partial charge in [0, 0.05) is 11.9 Å². The summed E-state index contributed by atoms with van der Waals surface area (Å²) in [5.41, 5.74) is 1.92. The Kier molecular flexibility index (Phi) is 7.02. The van der Waals surface area contributed by atoms with Gasteiger partial charge in [-0.2, -0.15) is 0 Å². The Morgan fingerprint density at radius 3 is 2.08 bits per heavy atom. The highest BCUT2D eigenvalue weighted by Crippen LogP contribution is 2.21. The zero-order valence-electron chi connectivity index (χ0n) is 14.5. The first kappa shape index (κ1) is 19.0. The van der Waals surface area contributed by atoms with E-state index in [0.29, 0.717) is 5.02 Å². The van der Waals surface area contributed by atoms with Gasteiger partial charge in [-0.25, -0.2) is 0 Å². The van der Waals surface area contributed by atoms with Crippen molar-refractivity contribution in [2.45, 2.75) is 38.8 Å². The Morgan fingerprint density at radius 2 is 1.52 bits per heavy atom. The largest absolute Gasteiger partial charge is 0.349 e. The number of carbonyl (C=O) groups is 2. The second-order valence-corrected chi connectivity index (χ2v) is 6.38. The minimum Gasteiger partial charge on any atom is -0.349 e. The summed E-state index contributed by atoms with van der Waals surface area (Å²) in [4.78, 5) is 24.0. The molecule has 2 N–H and O–H groups in total. The first-order valence-corrected chi connectivity index (χ1v) is 8.74. The van der Waals surface area contributed by atoms with Crippen LogP contribution in [0.15, 0.2) is 54.6 Å². The molecular weight excluding hydrogens is 336 g/mol. The summed E-state index contributed by atoms with van der Waals surface area (Å²) in [6, 6.07) is 16.5. The first-order valence-electron chi connectivity index (χ1n) is 8.36. The van der Waals surface area contributed by atoms with Crippen molar-refractivity contribution in [2.24, 2.45) is 0 Å². The first-order chi connectivity index (χ1) is 12.0. The van der Waals surface area contributed by atoms with Crippen molar-refractivity contribution >= 4 is 23.4 Å². The topological polar surface area (TPSA) is 58.2 Å². The van der Waals surface area contributed by atoms with Gasteiger partial charge in [0.1, 0.15) is 0 Å². The highest BCUT2D eigenvalue weighted by Gasteiger charge is 2.19. The van der Waals surface area contributed by atoms with Crippen LogP contribution in [0.1, 0.15) is 49.9 Å². The van der Waals surface area contributed by atoms with Gasteiger partial charge in [0.2, 0.25) is 11.8 Å². The maximum Gasteiger partial charge on any atom is 0.222 e. The average molecular weight is 359 g/mol. The van der Waals surface area contributed by atoms with E-state index in [1.54, 1.807) is 0 Å². The Hall–Kier alpha value is -2.33. The number of hydrogen-bond acceptors (Lipinski definition) is 2. The Morgan fingerprint density at radius 1 is 0.920 bits per heavy atom. The molecule has 2 aromatic rings. The normalized spacial score (nSPS) is 12.9. The van der Waals surface area contributed by atoms with Crippen molar-refractivity contribution in [2.75, 3.05) is 0 Å². The van der Waals surface area contributed by atoms with Gasteiger partial charge in [-0.05, 0) is 29.7 Å². The molecule has 5 heteroatoms. The fraction of sp³-hybridized carbons (Fsp3) is 0.300. The highest BCUT2D eigenvalue weighted by molar-refractivity contribution is 6.30. The molecule has 0 bridgehead atoms. The van der Waals surface area contributed by atoms with E-state index < -0.39 is 0 Å². The van der Waals surface area contributed by atoms with Gasteiger partial charge in [-0.15, -0.1) is 0 Å². The molecule has 0 saturated carbocycles. The summed E-state index contributed by atoms with van der Waals surface area (Å²) in [6.45, 7) is 3.47. The van der Waals surface area contributed by atoms with E-state index in [4.69, 9.17) is 11.6 Å². The predicted molar refractivity (Wildman–Crippen MR) is 100 cm³/mol. The summed E-state index contributed by atoms with van der Waals surface area (Å²) in [5.74, 6) is -0.268. The number of halogens is 1.